The van der Waals surface area contributed by atoms with Crippen LogP contribution in [0.15, 0.2) is 224 Å². The molecule has 0 amide bonds. The van der Waals surface area contributed by atoms with Crippen molar-refractivity contribution >= 4 is 64.6 Å². The normalized spacial score (nSPS) is 11.8. The molecular weight excluding hydrogens is 775 g/mol. The van der Waals surface area contributed by atoms with E-state index in [1.807, 2.05) is 24.3 Å². The van der Waals surface area contributed by atoms with Crippen LogP contribution in [0.1, 0.15) is 0 Å². The van der Waals surface area contributed by atoms with Crippen molar-refractivity contribution in [3.8, 4) is 67.5 Å². The molecule has 0 radical (unpaired) electrons. The van der Waals surface area contributed by atoms with Crippen LogP contribution >= 0.6 is 0 Å². The van der Waals surface area contributed by atoms with Gasteiger partial charge in [-0.2, -0.15) is 0 Å². The van der Waals surface area contributed by atoms with E-state index in [4.69, 9.17) is 15.0 Å². The highest BCUT2D eigenvalue weighted by molar-refractivity contribution is 6.37. The summed E-state index contributed by atoms with van der Waals surface area (Å²) in [7, 11) is 0. The van der Waals surface area contributed by atoms with Crippen molar-refractivity contribution in [2.45, 2.75) is 0 Å². The van der Waals surface area contributed by atoms with Gasteiger partial charge >= 0.3 is 0 Å². The third-order valence-electron chi connectivity index (χ3n) is 13.0. The van der Waals surface area contributed by atoms with E-state index in [9.17, 15) is 0 Å². The summed E-state index contributed by atoms with van der Waals surface area (Å²) < 4.78 is 0. The Labute approximate surface area is 370 Å². The van der Waals surface area contributed by atoms with Crippen LogP contribution in [-0.2, 0) is 0 Å². The Morgan fingerprint density at radius 1 is 0.203 bits per heavy atom. The van der Waals surface area contributed by atoms with Gasteiger partial charge in [0.05, 0.1) is 0 Å². The zero-order chi connectivity index (χ0) is 42.1. The maximum Gasteiger partial charge on any atom is 0.164 e. The number of hydrogen-bond donors (Lipinski definition) is 0. The minimum absolute atomic E-state index is 0.628. The van der Waals surface area contributed by atoms with Crippen molar-refractivity contribution in [1.29, 1.82) is 0 Å². The number of aromatic nitrogens is 3. The van der Waals surface area contributed by atoms with Gasteiger partial charge < -0.3 is 0 Å². The van der Waals surface area contributed by atoms with Crippen LogP contribution in [0.3, 0.4) is 0 Å². The summed E-state index contributed by atoms with van der Waals surface area (Å²) in [5.74, 6) is 1.90. The van der Waals surface area contributed by atoms with Gasteiger partial charge in [-0.25, -0.2) is 15.0 Å². The van der Waals surface area contributed by atoms with Crippen LogP contribution in [0, 0.1) is 0 Å². The lowest BCUT2D eigenvalue weighted by Crippen LogP contribution is -2.00. The van der Waals surface area contributed by atoms with E-state index in [-0.39, 0.29) is 0 Å². The van der Waals surface area contributed by atoms with Crippen molar-refractivity contribution in [1.82, 2.24) is 15.0 Å². The van der Waals surface area contributed by atoms with Crippen molar-refractivity contribution < 1.29 is 0 Å². The van der Waals surface area contributed by atoms with Gasteiger partial charge in [-0.05, 0) is 116 Å². The Kier molecular flexibility index (Phi) is 8.22. The van der Waals surface area contributed by atoms with Gasteiger partial charge in [-0.15, -0.1) is 0 Å². The largest absolute Gasteiger partial charge is 0.208 e. The predicted molar refractivity (Wildman–Crippen MR) is 269 cm³/mol. The van der Waals surface area contributed by atoms with E-state index in [0.717, 1.165) is 33.4 Å². The number of nitrogens with zero attached hydrogens (tertiary/aromatic N) is 3. The Morgan fingerprint density at radius 2 is 0.594 bits per heavy atom. The lowest BCUT2D eigenvalue weighted by atomic mass is 9.85. The first kappa shape index (κ1) is 36.2. The fraction of sp³-hybridized carbons (Fsp3) is 0. The molecule has 0 N–H and O–H groups in total. The van der Waals surface area contributed by atoms with Crippen molar-refractivity contribution in [2.24, 2.45) is 0 Å². The highest BCUT2D eigenvalue weighted by Gasteiger charge is 2.19. The molecule has 0 aliphatic heterocycles. The fourth-order valence-corrected chi connectivity index (χ4v) is 10.0. The molecule has 3 heteroatoms. The van der Waals surface area contributed by atoms with Crippen molar-refractivity contribution in [3.05, 3.63) is 224 Å². The highest BCUT2D eigenvalue weighted by Crippen LogP contribution is 2.45. The summed E-state index contributed by atoms with van der Waals surface area (Å²) in [6, 6.07) is 80.8. The molecule has 13 aromatic rings. The lowest BCUT2D eigenvalue weighted by Gasteiger charge is -2.18. The summed E-state index contributed by atoms with van der Waals surface area (Å²) >= 11 is 0. The molecule has 0 fully saturated rings. The number of fused-ring (bicyclic) bond motifs is 2. The van der Waals surface area contributed by atoms with Crippen molar-refractivity contribution in [2.75, 3.05) is 0 Å². The second-order valence-corrected chi connectivity index (χ2v) is 16.7. The number of rotatable bonds is 6. The van der Waals surface area contributed by atoms with E-state index >= 15 is 0 Å². The first-order valence-corrected chi connectivity index (χ1v) is 21.8. The van der Waals surface area contributed by atoms with Crippen LogP contribution in [0.4, 0.5) is 0 Å². The van der Waals surface area contributed by atoms with Crippen LogP contribution in [0.2, 0.25) is 0 Å². The summed E-state index contributed by atoms with van der Waals surface area (Å²) in [5, 5.41) is 15.3. The molecule has 0 saturated carbocycles. The van der Waals surface area contributed by atoms with Crippen molar-refractivity contribution in [3.63, 3.8) is 0 Å². The smallest absolute Gasteiger partial charge is 0.164 e. The Morgan fingerprint density at radius 3 is 1.19 bits per heavy atom. The van der Waals surface area contributed by atoms with E-state index in [1.165, 1.54) is 81.3 Å². The number of hydrogen-bond acceptors (Lipinski definition) is 3. The second kappa shape index (κ2) is 14.5. The van der Waals surface area contributed by atoms with E-state index in [1.54, 1.807) is 0 Å². The SMILES string of the molecule is c1ccc(-c2ccc(-c3nc(-c4ccccc4)nc(-c4cccc(-c5ccccc5-c5cc6ccc7cccc8c9cccc%10ccc%11cccc(c(c5)c6c78)c%11c%109)c4)n3)cc2)cc1. The molecule has 0 unspecified atom stereocenters. The summed E-state index contributed by atoms with van der Waals surface area (Å²) in [4.78, 5) is 15.3. The zero-order valence-electron chi connectivity index (χ0n) is 34.7. The fourth-order valence-electron chi connectivity index (χ4n) is 10.0. The van der Waals surface area contributed by atoms with Gasteiger partial charge in [0.1, 0.15) is 0 Å². The Bertz CT molecular complexity index is 3930. The molecule has 0 atom stereocenters. The molecule has 3 nitrogen and oxygen atoms in total. The molecule has 0 aliphatic carbocycles. The molecule has 1 aromatic heterocycles. The second-order valence-electron chi connectivity index (χ2n) is 16.7. The Hall–Kier alpha value is -8.53. The van der Waals surface area contributed by atoms with Gasteiger partial charge in [0.15, 0.2) is 17.5 Å². The molecule has 12 aromatic carbocycles. The molecule has 296 valence electrons. The van der Waals surface area contributed by atoms with Gasteiger partial charge in [0, 0.05) is 16.7 Å². The standard InChI is InChI=1S/C61H37N3/c1-3-13-38(14-4-1)39-27-32-44(33-28-39)60-62-59(43-15-5-2-6-16-43)63-61(64-60)47-21-9-20-45(35-47)49-22-7-8-23-50(49)48-36-46-34-31-42-18-11-25-52-51-24-10-17-40-29-30-41-19-12-26-53(57(41)55(40)51)54(37-48)58(46)56(42)52/h1-37H. The maximum absolute atomic E-state index is 5.15. The first-order chi connectivity index (χ1) is 31.7. The Balaban J connectivity index is 0.995. The van der Waals surface area contributed by atoms with Crippen LogP contribution in [0.25, 0.3) is 132 Å². The topological polar surface area (TPSA) is 38.7 Å². The highest BCUT2D eigenvalue weighted by atomic mass is 15.0. The zero-order valence-corrected chi connectivity index (χ0v) is 34.7. The van der Waals surface area contributed by atoms with Gasteiger partial charge in [0.2, 0.25) is 0 Å². The van der Waals surface area contributed by atoms with Crippen LogP contribution in [0.5, 0.6) is 0 Å². The predicted octanol–water partition coefficient (Wildman–Crippen LogP) is 16.2. The molecule has 0 saturated heterocycles. The van der Waals surface area contributed by atoms with Crippen LogP contribution in [-0.4, -0.2) is 15.0 Å². The third-order valence-corrected chi connectivity index (χ3v) is 13.0. The van der Waals surface area contributed by atoms with Gasteiger partial charge in [-0.1, -0.05) is 206 Å². The lowest BCUT2D eigenvalue weighted by molar-refractivity contribution is 1.07. The molecular formula is C61H37N3. The molecule has 0 spiro atoms. The minimum Gasteiger partial charge on any atom is -0.208 e. The monoisotopic (exact) mass is 811 g/mol. The quantitative estimate of drug-likeness (QED) is 0.157. The van der Waals surface area contributed by atoms with Gasteiger partial charge in [-0.3, -0.25) is 0 Å². The maximum atomic E-state index is 5.15. The van der Waals surface area contributed by atoms with E-state index in [0.29, 0.717) is 17.5 Å². The average molecular weight is 812 g/mol. The summed E-state index contributed by atoms with van der Waals surface area (Å²) in [6.07, 6.45) is 0. The molecule has 64 heavy (non-hydrogen) atoms. The van der Waals surface area contributed by atoms with Gasteiger partial charge in [0.25, 0.3) is 0 Å². The first-order valence-electron chi connectivity index (χ1n) is 21.8. The summed E-state index contributed by atoms with van der Waals surface area (Å²) in [5.41, 5.74) is 9.69. The number of benzene rings is 11. The molecule has 13 rings (SSSR count). The van der Waals surface area contributed by atoms with Crippen LogP contribution < -0.4 is 0 Å². The third kappa shape index (κ3) is 5.86. The minimum atomic E-state index is 0.628. The average Bonchev–Trinajstić information content (AvgIpc) is 3.37. The van der Waals surface area contributed by atoms with E-state index < -0.39 is 0 Å². The molecule has 0 bridgehead atoms. The molecule has 1 heterocycles. The summed E-state index contributed by atoms with van der Waals surface area (Å²) in [6.45, 7) is 0. The molecule has 0 aliphatic rings. The van der Waals surface area contributed by atoms with E-state index in [2.05, 4.69) is 200 Å².